The smallest absolute Gasteiger partial charge is 0.243 e. The molecule has 34 heavy (non-hydrogen) atoms. The molecule has 1 aromatic heterocycles. The largest absolute Gasteiger partial charge is 0.384 e. The van der Waals surface area contributed by atoms with Gasteiger partial charge in [-0.05, 0) is 62.9 Å². The zero-order chi connectivity index (χ0) is 24.8. The van der Waals surface area contributed by atoms with E-state index in [-0.39, 0.29) is 37.5 Å². The van der Waals surface area contributed by atoms with Gasteiger partial charge in [0.1, 0.15) is 11.9 Å². The molecule has 2 aromatic rings. The molecule has 2 amide bonds. The minimum atomic E-state index is -0.998. The summed E-state index contributed by atoms with van der Waals surface area (Å²) in [6.07, 6.45) is 3.19. The quantitative estimate of drug-likeness (QED) is 0.548. The Morgan fingerprint density at radius 1 is 1.15 bits per heavy atom. The number of carbonyl (C=O) groups excluding carboxylic acids is 2. The van der Waals surface area contributed by atoms with E-state index in [1.165, 1.54) is 6.07 Å². The second-order valence-corrected chi connectivity index (χ2v) is 9.07. The Kier molecular flexibility index (Phi) is 8.55. The lowest BCUT2D eigenvalue weighted by atomic mass is 9.97. The standard InChI is InChI=1S/C25H33F2N5O2/c1-15-5-4-6-16(2)32(15)14-24(33)31-22(12-18-7-9-20(26)21(27)11-18)25(34)29-13-19-8-10-23(28)30-17(19)3/h7-11,15-16,22H,4-6,12-14H2,1-3H3,(H2,28,30)(H,29,34)(H,31,33)/t15-,16?,22?/m0/s1. The van der Waals surface area contributed by atoms with E-state index >= 15 is 0 Å². The number of aryl methyl sites for hydroxylation is 1. The van der Waals surface area contributed by atoms with Crippen molar-refractivity contribution in [3.05, 3.63) is 58.8 Å². The molecule has 4 N–H and O–H groups in total. The highest BCUT2D eigenvalue weighted by Crippen LogP contribution is 2.22. The Bertz CT molecular complexity index is 1020. The zero-order valence-corrected chi connectivity index (χ0v) is 19.9. The van der Waals surface area contributed by atoms with Crippen LogP contribution in [0.3, 0.4) is 0 Å². The Morgan fingerprint density at radius 3 is 2.50 bits per heavy atom. The van der Waals surface area contributed by atoms with E-state index in [0.717, 1.165) is 37.0 Å². The third kappa shape index (κ3) is 6.72. The van der Waals surface area contributed by atoms with Gasteiger partial charge in [-0.1, -0.05) is 18.6 Å². The number of halogens is 2. The summed E-state index contributed by atoms with van der Waals surface area (Å²) in [6.45, 7) is 6.35. The van der Waals surface area contributed by atoms with Gasteiger partial charge in [0.2, 0.25) is 11.8 Å². The van der Waals surface area contributed by atoms with Gasteiger partial charge in [0.05, 0.1) is 6.54 Å². The summed E-state index contributed by atoms with van der Waals surface area (Å²) in [5.41, 5.74) is 7.57. The molecule has 184 valence electrons. The molecule has 7 nitrogen and oxygen atoms in total. The predicted molar refractivity (Wildman–Crippen MR) is 127 cm³/mol. The van der Waals surface area contributed by atoms with Crippen LogP contribution in [0.25, 0.3) is 0 Å². The van der Waals surface area contributed by atoms with E-state index in [4.69, 9.17) is 5.73 Å². The number of aromatic nitrogens is 1. The van der Waals surface area contributed by atoms with Gasteiger partial charge in [-0.25, -0.2) is 13.8 Å². The molecule has 0 radical (unpaired) electrons. The molecule has 3 atom stereocenters. The molecule has 3 rings (SSSR count). The van der Waals surface area contributed by atoms with Crippen molar-refractivity contribution in [1.82, 2.24) is 20.5 Å². The fourth-order valence-electron chi connectivity index (χ4n) is 4.41. The molecular weight excluding hydrogens is 440 g/mol. The summed E-state index contributed by atoms with van der Waals surface area (Å²) in [5.74, 6) is -2.28. The highest BCUT2D eigenvalue weighted by molar-refractivity contribution is 5.88. The third-order valence-electron chi connectivity index (χ3n) is 6.45. The van der Waals surface area contributed by atoms with E-state index in [9.17, 15) is 18.4 Å². The monoisotopic (exact) mass is 473 g/mol. The van der Waals surface area contributed by atoms with Crippen molar-refractivity contribution in [2.24, 2.45) is 0 Å². The molecule has 1 aliphatic heterocycles. The van der Waals surface area contributed by atoms with Crippen LogP contribution in [-0.4, -0.2) is 46.4 Å². The fourth-order valence-corrected chi connectivity index (χ4v) is 4.41. The van der Waals surface area contributed by atoms with E-state index < -0.39 is 23.6 Å². The average Bonchev–Trinajstić information content (AvgIpc) is 2.77. The number of carbonyl (C=O) groups is 2. The molecule has 0 bridgehead atoms. The summed E-state index contributed by atoms with van der Waals surface area (Å²) in [6, 6.07) is 6.49. The maximum atomic E-state index is 13.7. The van der Waals surface area contributed by atoms with Crippen molar-refractivity contribution >= 4 is 17.6 Å². The number of hydrogen-bond acceptors (Lipinski definition) is 5. The van der Waals surface area contributed by atoms with Crippen LogP contribution >= 0.6 is 0 Å². The van der Waals surface area contributed by atoms with E-state index in [1.807, 2.05) is 0 Å². The van der Waals surface area contributed by atoms with Gasteiger partial charge in [-0.3, -0.25) is 14.5 Å². The maximum absolute atomic E-state index is 13.7. The molecule has 0 spiro atoms. The first-order valence-electron chi connectivity index (χ1n) is 11.6. The van der Waals surface area contributed by atoms with Crippen LogP contribution in [0.15, 0.2) is 30.3 Å². The SMILES string of the molecule is Cc1nc(N)ccc1CNC(=O)C(Cc1ccc(F)c(F)c1)NC(=O)CN1C(C)CCC[C@@H]1C. The maximum Gasteiger partial charge on any atom is 0.243 e. The van der Waals surface area contributed by atoms with Crippen molar-refractivity contribution in [3.8, 4) is 0 Å². The highest BCUT2D eigenvalue weighted by atomic mass is 19.2. The number of nitrogens with two attached hydrogens (primary N) is 1. The number of nitrogens with one attached hydrogen (secondary N) is 2. The highest BCUT2D eigenvalue weighted by Gasteiger charge is 2.28. The fraction of sp³-hybridized carbons (Fsp3) is 0.480. The molecule has 1 fully saturated rings. The van der Waals surface area contributed by atoms with Crippen LogP contribution in [0.1, 0.15) is 49.9 Å². The molecule has 2 unspecified atom stereocenters. The van der Waals surface area contributed by atoms with Crippen molar-refractivity contribution in [2.45, 2.75) is 71.1 Å². The molecular formula is C25H33F2N5O2. The molecule has 0 aliphatic carbocycles. The number of nitrogen functional groups attached to an aromatic ring is 1. The number of pyridine rings is 1. The minimum Gasteiger partial charge on any atom is -0.384 e. The Morgan fingerprint density at radius 2 is 1.85 bits per heavy atom. The van der Waals surface area contributed by atoms with E-state index in [1.54, 1.807) is 19.1 Å². The second-order valence-electron chi connectivity index (χ2n) is 9.07. The molecule has 0 saturated carbocycles. The van der Waals surface area contributed by atoms with Gasteiger partial charge in [-0.15, -0.1) is 0 Å². The van der Waals surface area contributed by atoms with Gasteiger partial charge in [0.25, 0.3) is 0 Å². The molecule has 1 aliphatic rings. The van der Waals surface area contributed by atoms with Crippen LogP contribution in [0.2, 0.25) is 0 Å². The number of hydrogen-bond donors (Lipinski definition) is 3. The van der Waals surface area contributed by atoms with Crippen LogP contribution in [-0.2, 0) is 22.6 Å². The van der Waals surface area contributed by atoms with Crippen LogP contribution in [0.4, 0.5) is 14.6 Å². The summed E-state index contributed by atoms with van der Waals surface area (Å²) in [7, 11) is 0. The Balaban J connectivity index is 1.71. The number of benzene rings is 1. The van der Waals surface area contributed by atoms with Crippen molar-refractivity contribution in [1.29, 1.82) is 0 Å². The van der Waals surface area contributed by atoms with Gasteiger partial charge < -0.3 is 16.4 Å². The van der Waals surface area contributed by atoms with Crippen molar-refractivity contribution in [2.75, 3.05) is 12.3 Å². The second kappa shape index (κ2) is 11.4. The first kappa shape index (κ1) is 25.6. The van der Waals surface area contributed by atoms with E-state index in [0.29, 0.717) is 17.1 Å². The summed E-state index contributed by atoms with van der Waals surface area (Å²) < 4.78 is 27.1. The number of amides is 2. The summed E-state index contributed by atoms with van der Waals surface area (Å²) in [5, 5.41) is 5.62. The van der Waals surface area contributed by atoms with Gasteiger partial charge >= 0.3 is 0 Å². The molecule has 2 heterocycles. The van der Waals surface area contributed by atoms with Crippen molar-refractivity contribution < 1.29 is 18.4 Å². The lowest BCUT2D eigenvalue weighted by Gasteiger charge is -2.38. The first-order valence-corrected chi connectivity index (χ1v) is 11.6. The molecule has 9 heteroatoms. The van der Waals surface area contributed by atoms with Gasteiger partial charge in [-0.2, -0.15) is 0 Å². The number of rotatable bonds is 8. The Labute approximate surface area is 199 Å². The van der Waals surface area contributed by atoms with Gasteiger partial charge in [0.15, 0.2) is 11.6 Å². The zero-order valence-electron chi connectivity index (χ0n) is 19.9. The van der Waals surface area contributed by atoms with Gasteiger partial charge in [0, 0.05) is 30.7 Å². The van der Waals surface area contributed by atoms with Crippen molar-refractivity contribution in [3.63, 3.8) is 0 Å². The summed E-state index contributed by atoms with van der Waals surface area (Å²) in [4.78, 5) is 32.3. The lowest BCUT2D eigenvalue weighted by Crippen LogP contribution is -2.53. The number of anilines is 1. The first-order chi connectivity index (χ1) is 16.1. The third-order valence-corrected chi connectivity index (χ3v) is 6.45. The molecule has 1 saturated heterocycles. The lowest BCUT2D eigenvalue weighted by molar-refractivity contribution is -0.130. The van der Waals surface area contributed by atoms with Crippen LogP contribution in [0, 0.1) is 18.6 Å². The predicted octanol–water partition coefficient (Wildman–Crippen LogP) is 2.86. The normalized spacial score (nSPS) is 19.4. The molecule has 1 aromatic carbocycles. The number of likely N-dealkylation sites (tertiary alicyclic amines) is 1. The van der Waals surface area contributed by atoms with Crippen LogP contribution in [0.5, 0.6) is 0 Å². The number of nitrogens with zero attached hydrogens (tertiary/aromatic N) is 2. The topological polar surface area (TPSA) is 100 Å². The Hall–Kier alpha value is -3.07. The van der Waals surface area contributed by atoms with Crippen LogP contribution < -0.4 is 16.4 Å². The van der Waals surface area contributed by atoms with E-state index in [2.05, 4.69) is 34.4 Å². The number of piperidine rings is 1. The average molecular weight is 474 g/mol. The summed E-state index contributed by atoms with van der Waals surface area (Å²) >= 11 is 0. The minimum absolute atomic E-state index is 0.0266.